The van der Waals surface area contributed by atoms with Gasteiger partial charge in [-0.05, 0) is 19.1 Å². The Morgan fingerprint density at radius 1 is 1.29 bits per heavy atom. The second-order valence-corrected chi connectivity index (χ2v) is 3.72. The SMILES string of the molecule is COc1cccc(Oc2cc(C)nn2C)c1N. The third-order valence-electron chi connectivity index (χ3n) is 2.42. The Morgan fingerprint density at radius 3 is 2.59 bits per heavy atom. The average Bonchev–Trinajstić information content (AvgIpc) is 2.60. The molecule has 0 spiro atoms. The van der Waals surface area contributed by atoms with Gasteiger partial charge in [-0.3, -0.25) is 0 Å². The fraction of sp³-hybridized carbons (Fsp3) is 0.250. The molecular weight excluding hydrogens is 218 g/mol. The average molecular weight is 233 g/mol. The van der Waals surface area contributed by atoms with Crippen molar-refractivity contribution in [2.75, 3.05) is 12.8 Å². The van der Waals surface area contributed by atoms with Gasteiger partial charge in [-0.25, -0.2) is 4.68 Å². The quantitative estimate of drug-likeness (QED) is 0.825. The van der Waals surface area contributed by atoms with Crippen molar-refractivity contribution in [1.82, 2.24) is 9.78 Å². The summed E-state index contributed by atoms with van der Waals surface area (Å²) in [4.78, 5) is 0. The second kappa shape index (κ2) is 4.37. The molecule has 5 nitrogen and oxygen atoms in total. The van der Waals surface area contributed by atoms with E-state index in [1.807, 2.05) is 26.1 Å². The number of hydrogen-bond donors (Lipinski definition) is 1. The largest absolute Gasteiger partial charge is 0.494 e. The van der Waals surface area contributed by atoms with Gasteiger partial charge < -0.3 is 15.2 Å². The van der Waals surface area contributed by atoms with E-state index in [1.54, 1.807) is 23.9 Å². The molecule has 1 aromatic heterocycles. The molecule has 0 amide bonds. The lowest BCUT2D eigenvalue weighted by molar-refractivity contribution is 0.406. The minimum Gasteiger partial charge on any atom is -0.494 e. The lowest BCUT2D eigenvalue weighted by Gasteiger charge is -2.10. The van der Waals surface area contributed by atoms with Crippen molar-refractivity contribution >= 4 is 5.69 Å². The second-order valence-electron chi connectivity index (χ2n) is 3.72. The summed E-state index contributed by atoms with van der Waals surface area (Å²) in [5.74, 6) is 1.80. The van der Waals surface area contributed by atoms with Crippen LogP contribution in [0.1, 0.15) is 5.69 Å². The molecule has 0 aliphatic rings. The van der Waals surface area contributed by atoms with Crippen molar-refractivity contribution in [3.05, 3.63) is 30.0 Å². The molecule has 0 bridgehead atoms. The number of hydrogen-bond acceptors (Lipinski definition) is 4. The maximum Gasteiger partial charge on any atom is 0.217 e. The Labute approximate surface area is 99.8 Å². The molecule has 0 unspecified atom stereocenters. The zero-order valence-corrected chi connectivity index (χ0v) is 10.1. The van der Waals surface area contributed by atoms with Crippen LogP contribution in [0.4, 0.5) is 5.69 Å². The fourth-order valence-electron chi connectivity index (χ4n) is 1.59. The molecule has 2 N–H and O–H groups in total. The van der Waals surface area contributed by atoms with Gasteiger partial charge in [0.25, 0.3) is 0 Å². The lowest BCUT2D eigenvalue weighted by Crippen LogP contribution is -1.99. The van der Waals surface area contributed by atoms with Crippen LogP contribution in [-0.2, 0) is 7.05 Å². The zero-order valence-electron chi connectivity index (χ0n) is 10.1. The van der Waals surface area contributed by atoms with E-state index in [4.69, 9.17) is 15.2 Å². The molecule has 1 heterocycles. The van der Waals surface area contributed by atoms with E-state index in [1.165, 1.54) is 0 Å². The molecule has 2 aromatic rings. The summed E-state index contributed by atoms with van der Waals surface area (Å²) in [6.07, 6.45) is 0. The molecule has 5 heteroatoms. The van der Waals surface area contributed by atoms with Crippen LogP contribution in [0.3, 0.4) is 0 Å². The molecule has 0 aliphatic heterocycles. The van der Waals surface area contributed by atoms with Crippen molar-refractivity contribution in [2.45, 2.75) is 6.92 Å². The van der Waals surface area contributed by atoms with Crippen LogP contribution >= 0.6 is 0 Å². The molecule has 90 valence electrons. The number of para-hydroxylation sites is 1. The molecule has 17 heavy (non-hydrogen) atoms. The summed E-state index contributed by atoms with van der Waals surface area (Å²) in [5, 5.41) is 4.20. The first-order valence-electron chi connectivity index (χ1n) is 5.23. The van der Waals surface area contributed by atoms with E-state index >= 15 is 0 Å². The molecule has 0 saturated carbocycles. The van der Waals surface area contributed by atoms with Crippen LogP contribution in [0.2, 0.25) is 0 Å². The molecule has 0 radical (unpaired) electrons. The van der Waals surface area contributed by atoms with Gasteiger partial charge in [-0.1, -0.05) is 6.07 Å². The summed E-state index contributed by atoms with van der Waals surface area (Å²) < 4.78 is 12.5. The predicted molar refractivity (Wildman–Crippen MR) is 65.4 cm³/mol. The van der Waals surface area contributed by atoms with E-state index in [-0.39, 0.29) is 0 Å². The van der Waals surface area contributed by atoms with Crippen molar-refractivity contribution in [3.8, 4) is 17.4 Å². The number of methoxy groups -OCH3 is 1. The minimum atomic E-state index is 0.480. The number of nitrogens with zero attached hydrogens (tertiary/aromatic N) is 2. The summed E-state index contributed by atoms with van der Waals surface area (Å²) in [6.45, 7) is 1.90. The highest BCUT2D eigenvalue weighted by Gasteiger charge is 2.10. The third-order valence-corrected chi connectivity index (χ3v) is 2.42. The van der Waals surface area contributed by atoms with E-state index < -0.39 is 0 Å². The van der Waals surface area contributed by atoms with Gasteiger partial charge in [-0.15, -0.1) is 0 Å². The first-order valence-corrected chi connectivity index (χ1v) is 5.23. The van der Waals surface area contributed by atoms with E-state index in [0.29, 0.717) is 23.1 Å². The lowest BCUT2D eigenvalue weighted by atomic mass is 10.3. The van der Waals surface area contributed by atoms with Crippen molar-refractivity contribution in [2.24, 2.45) is 7.05 Å². The van der Waals surface area contributed by atoms with Crippen molar-refractivity contribution < 1.29 is 9.47 Å². The van der Waals surface area contributed by atoms with Crippen LogP contribution in [0.25, 0.3) is 0 Å². The number of rotatable bonds is 3. The standard InChI is InChI=1S/C12H15N3O2/c1-8-7-11(15(2)14-8)17-10-6-4-5-9(16-3)12(10)13/h4-7H,13H2,1-3H3. The highest BCUT2D eigenvalue weighted by atomic mass is 16.5. The molecule has 1 aromatic carbocycles. The Kier molecular flexibility index (Phi) is 2.91. The Balaban J connectivity index is 2.33. The minimum absolute atomic E-state index is 0.480. The summed E-state index contributed by atoms with van der Waals surface area (Å²) in [7, 11) is 3.39. The molecule has 0 aliphatic carbocycles. The van der Waals surface area contributed by atoms with Gasteiger partial charge in [0.05, 0.1) is 12.8 Å². The van der Waals surface area contributed by atoms with Gasteiger partial charge in [-0.2, -0.15) is 5.10 Å². The summed E-state index contributed by atoms with van der Waals surface area (Å²) in [6, 6.07) is 7.25. The summed E-state index contributed by atoms with van der Waals surface area (Å²) in [5.41, 5.74) is 7.29. The Bertz CT molecular complexity index is 535. The maximum absolute atomic E-state index is 5.92. The number of nitrogen functional groups attached to an aromatic ring is 1. The predicted octanol–water partition coefficient (Wildman–Crippen LogP) is 2.11. The number of aromatic nitrogens is 2. The Morgan fingerprint density at radius 2 is 2.00 bits per heavy atom. The van der Waals surface area contributed by atoms with Gasteiger partial charge in [0.1, 0.15) is 11.4 Å². The maximum atomic E-state index is 5.92. The van der Waals surface area contributed by atoms with Crippen LogP contribution in [0, 0.1) is 6.92 Å². The number of nitrogens with two attached hydrogens (primary N) is 1. The summed E-state index contributed by atoms with van der Waals surface area (Å²) >= 11 is 0. The van der Waals surface area contributed by atoms with Crippen LogP contribution in [0.15, 0.2) is 24.3 Å². The third kappa shape index (κ3) is 2.18. The van der Waals surface area contributed by atoms with Gasteiger partial charge >= 0.3 is 0 Å². The monoisotopic (exact) mass is 233 g/mol. The number of anilines is 1. The van der Waals surface area contributed by atoms with E-state index in [0.717, 1.165) is 5.69 Å². The number of benzene rings is 1. The topological polar surface area (TPSA) is 62.3 Å². The molecule has 2 rings (SSSR count). The normalized spacial score (nSPS) is 10.3. The van der Waals surface area contributed by atoms with E-state index in [9.17, 15) is 0 Å². The first-order chi connectivity index (χ1) is 8.11. The van der Waals surface area contributed by atoms with E-state index in [2.05, 4.69) is 5.10 Å². The zero-order chi connectivity index (χ0) is 12.4. The fourth-order valence-corrected chi connectivity index (χ4v) is 1.59. The number of aryl methyl sites for hydroxylation is 2. The highest BCUT2D eigenvalue weighted by molar-refractivity contribution is 5.63. The molecule has 0 fully saturated rings. The van der Waals surface area contributed by atoms with Gasteiger partial charge in [0, 0.05) is 13.1 Å². The van der Waals surface area contributed by atoms with Crippen molar-refractivity contribution in [1.29, 1.82) is 0 Å². The van der Waals surface area contributed by atoms with Crippen LogP contribution in [0.5, 0.6) is 17.4 Å². The molecule has 0 saturated heterocycles. The first kappa shape index (κ1) is 11.3. The van der Waals surface area contributed by atoms with Crippen LogP contribution < -0.4 is 15.2 Å². The highest BCUT2D eigenvalue weighted by Crippen LogP contribution is 2.34. The molecule has 0 atom stereocenters. The van der Waals surface area contributed by atoms with Crippen LogP contribution in [-0.4, -0.2) is 16.9 Å². The smallest absolute Gasteiger partial charge is 0.217 e. The Hall–Kier alpha value is -2.17. The van der Waals surface area contributed by atoms with Crippen molar-refractivity contribution in [3.63, 3.8) is 0 Å². The number of ether oxygens (including phenoxy) is 2. The van der Waals surface area contributed by atoms with Gasteiger partial charge in [0.15, 0.2) is 5.75 Å². The molecular formula is C12H15N3O2. The van der Waals surface area contributed by atoms with Gasteiger partial charge in [0.2, 0.25) is 5.88 Å².